The van der Waals surface area contributed by atoms with E-state index in [-0.39, 0.29) is 16.9 Å². The van der Waals surface area contributed by atoms with Crippen LogP contribution in [0.15, 0.2) is 47.4 Å². The van der Waals surface area contributed by atoms with Crippen molar-refractivity contribution >= 4 is 33.1 Å². The Balaban J connectivity index is 2.15. The van der Waals surface area contributed by atoms with Crippen LogP contribution in [0.25, 0.3) is 0 Å². The van der Waals surface area contributed by atoms with Gasteiger partial charge in [-0.1, -0.05) is 18.2 Å². The third kappa shape index (κ3) is 3.46. The second-order valence-electron chi connectivity index (χ2n) is 6.29. The van der Waals surface area contributed by atoms with Gasteiger partial charge in [-0.15, -0.1) is 0 Å². The maximum Gasteiger partial charge on any atom is 0.329 e. The highest BCUT2D eigenvalue weighted by Crippen LogP contribution is 2.34. The number of esters is 1. The molecule has 1 unspecified atom stereocenters. The van der Waals surface area contributed by atoms with Crippen LogP contribution in [0.4, 0.5) is 11.4 Å². The van der Waals surface area contributed by atoms with Crippen LogP contribution in [0.2, 0.25) is 0 Å². The standard InChI is InChI=1S/C18H16N2O7S/c1-27-18(22)16-9-11-5-3-4-6-15(11)19(16)17(21)12-7-13(20(23)24)10-14(8-12)28(2,25)26/h3-8,10,16H,9H2,1-2H3. The first-order chi connectivity index (χ1) is 13.1. The zero-order valence-electron chi connectivity index (χ0n) is 15.0. The molecule has 10 heteroatoms. The number of para-hydroxylation sites is 1. The molecule has 2 aromatic rings. The van der Waals surface area contributed by atoms with Gasteiger partial charge in [-0.05, 0) is 17.7 Å². The largest absolute Gasteiger partial charge is 0.467 e. The fraction of sp³-hybridized carbons (Fsp3) is 0.222. The van der Waals surface area contributed by atoms with Crippen LogP contribution >= 0.6 is 0 Å². The number of ether oxygens (including phenoxy) is 1. The molecule has 0 spiro atoms. The highest BCUT2D eigenvalue weighted by atomic mass is 32.2. The van der Waals surface area contributed by atoms with Crippen molar-refractivity contribution in [2.24, 2.45) is 0 Å². The topological polar surface area (TPSA) is 124 Å². The number of nitro benzene ring substituents is 1. The number of methoxy groups -OCH3 is 1. The third-order valence-corrected chi connectivity index (χ3v) is 5.54. The first kappa shape index (κ1) is 19.5. The summed E-state index contributed by atoms with van der Waals surface area (Å²) in [6.45, 7) is 0. The summed E-state index contributed by atoms with van der Waals surface area (Å²) in [7, 11) is -2.60. The van der Waals surface area contributed by atoms with Gasteiger partial charge >= 0.3 is 5.97 Å². The molecule has 0 fully saturated rings. The molecule has 1 amide bonds. The Bertz CT molecular complexity index is 1090. The maximum atomic E-state index is 13.2. The maximum absolute atomic E-state index is 13.2. The zero-order valence-corrected chi connectivity index (χ0v) is 15.8. The zero-order chi connectivity index (χ0) is 20.6. The third-order valence-electron chi connectivity index (χ3n) is 4.45. The molecule has 0 bridgehead atoms. The summed E-state index contributed by atoms with van der Waals surface area (Å²) in [6.07, 6.45) is 1.12. The normalized spacial score (nSPS) is 15.8. The fourth-order valence-electron chi connectivity index (χ4n) is 3.13. The Kier molecular flexibility index (Phi) is 4.90. The van der Waals surface area contributed by atoms with Crippen LogP contribution in [0.3, 0.4) is 0 Å². The lowest BCUT2D eigenvalue weighted by Gasteiger charge is -2.24. The molecule has 1 aliphatic heterocycles. The van der Waals surface area contributed by atoms with E-state index < -0.39 is 38.4 Å². The van der Waals surface area contributed by atoms with E-state index in [4.69, 9.17) is 4.74 Å². The molecule has 1 heterocycles. The minimum absolute atomic E-state index is 0.208. The molecule has 0 saturated carbocycles. The number of benzene rings is 2. The molecular formula is C18H16N2O7S. The molecule has 0 aliphatic carbocycles. The number of carbonyl (C=O) groups excluding carboxylic acids is 2. The quantitative estimate of drug-likeness (QED) is 0.432. The van der Waals surface area contributed by atoms with Gasteiger partial charge in [-0.25, -0.2) is 13.2 Å². The predicted octanol–water partition coefficient (Wildman–Crippen LogP) is 1.74. The van der Waals surface area contributed by atoms with Gasteiger partial charge in [0.1, 0.15) is 6.04 Å². The number of hydrogen-bond donors (Lipinski definition) is 0. The summed E-state index contributed by atoms with van der Waals surface area (Å²) in [5.41, 5.74) is 0.462. The number of fused-ring (bicyclic) bond motifs is 1. The van der Waals surface area contributed by atoms with E-state index in [9.17, 15) is 28.1 Å². The van der Waals surface area contributed by atoms with Gasteiger partial charge in [-0.2, -0.15) is 0 Å². The highest BCUT2D eigenvalue weighted by molar-refractivity contribution is 7.90. The molecule has 3 rings (SSSR count). The Hall–Kier alpha value is -3.27. The SMILES string of the molecule is COC(=O)C1Cc2ccccc2N1C(=O)c1cc([N+](=O)[O-])cc(S(C)(=O)=O)c1. The average Bonchev–Trinajstić information content (AvgIpc) is 3.05. The summed E-state index contributed by atoms with van der Waals surface area (Å²) in [5.74, 6) is -1.37. The van der Waals surface area contributed by atoms with Crippen molar-refractivity contribution in [3.8, 4) is 0 Å². The van der Waals surface area contributed by atoms with Crippen molar-refractivity contribution < 1.29 is 27.7 Å². The van der Waals surface area contributed by atoms with E-state index in [1.165, 1.54) is 12.0 Å². The lowest BCUT2D eigenvalue weighted by Crippen LogP contribution is -2.43. The number of anilines is 1. The molecular weight excluding hydrogens is 388 g/mol. The van der Waals surface area contributed by atoms with Crippen molar-refractivity contribution in [1.82, 2.24) is 0 Å². The minimum atomic E-state index is -3.80. The van der Waals surface area contributed by atoms with Crippen molar-refractivity contribution in [1.29, 1.82) is 0 Å². The van der Waals surface area contributed by atoms with E-state index in [1.807, 2.05) is 0 Å². The van der Waals surface area contributed by atoms with Gasteiger partial charge in [0, 0.05) is 36.1 Å². The number of carbonyl (C=O) groups is 2. The summed E-state index contributed by atoms with van der Waals surface area (Å²) >= 11 is 0. The van der Waals surface area contributed by atoms with Crippen molar-refractivity contribution in [3.63, 3.8) is 0 Å². The van der Waals surface area contributed by atoms with Crippen molar-refractivity contribution in [2.45, 2.75) is 17.4 Å². The molecule has 0 N–H and O–H groups in total. The monoisotopic (exact) mass is 404 g/mol. The second-order valence-corrected chi connectivity index (χ2v) is 8.31. The Morgan fingerprint density at radius 1 is 1.21 bits per heavy atom. The molecule has 0 radical (unpaired) electrons. The molecule has 9 nitrogen and oxygen atoms in total. The van der Waals surface area contributed by atoms with Crippen LogP contribution in [-0.4, -0.2) is 44.6 Å². The van der Waals surface area contributed by atoms with E-state index >= 15 is 0 Å². The Labute approximate surface area is 160 Å². The molecule has 0 aromatic heterocycles. The summed E-state index contributed by atoms with van der Waals surface area (Å²) in [4.78, 5) is 36.7. The Morgan fingerprint density at radius 2 is 1.89 bits per heavy atom. The van der Waals surface area contributed by atoms with Gasteiger partial charge in [0.15, 0.2) is 9.84 Å². The van der Waals surface area contributed by atoms with Gasteiger partial charge < -0.3 is 4.74 Å². The van der Waals surface area contributed by atoms with E-state index in [0.29, 0.717) is 5.69 Å². The van der Waals surface area contributed by atoms with Crippen LogP contribution in [0.1, 0.15) is 15.9 Å². The lowest BCUT2D eigenvalue weighted by atomic mass is 10.1. The predicted molar refractivity (Wildman–Crippen MR) is 99.0 cm³/mol. The van der Waals surface area contributed by atoms with Gasteiger partial charge in [0.05, 0.1) is 16.9 Å². The van der Waals surface area contributed by atoms with Crippen LogP contribution in [0.5, 0.6) is 0 Å². The number of hydrogen-bond acceptors (Lipinski definition) is 7. The number of amides is 1. The number of rotatable bonds is 4. The van der Waals surface area contributed by atoms with Gasteiger partial charge in [-0.3, -0.25) is 19.8 Å². The lowest BCUT2D eigenvalue weighted by molar-refractivity contribution is -0.385. The smallest absolute Gasteiger partial charge is 0.329 e. The summed E-state index contributed by atoms with van der Waals surface area (Å²) in [5, 5.41) is 11.2. The van der Waals surface area contributed by atoms with E-state index in [2.05, 4.69) is 0 Å². The van der Waals surface area contributed by atoms with Crippen molar-refractivity contribution in [3.05, 3.63) is 63.7 Å². The number of nitro groups is 1. The Morgan fingerprint density at radius 3 is 2.50 bits per heavy atom. The van der Waals surface area contributed by atoms with E-state index in [1.54, 1.807) is 24.3 Å². The highest BCUT2D eigenvalue weighted by Gasteiger charge is 2.39. The van der Waals surface area contributed by atoms with Gasteiger partial charge in [0.2, 0.25) is 0 Å². The molecule has 28 heavy (non-hydrogen) atoms. The van der Waals surface area contributed by atoms with Crippen LogP contribution in [0, 0.1) is 10.1 Å². The number of nitrogens with zero attached hydrogens (tertiary/aromatic N) is 2. The molecule has 0 saturated heterocycles. The van der Waals surface area contributed by atoms with Crippen molar-refractivity contribution in [2.75, 3.05) is 18.3 Å². The second kappa shape index (κ2) is 7.04. The minimum Gasteiger partial charge on any atom is -0.467 e. The first-order valence-electron chi connectivity index (χ1n) is 8.12. The van der Waals surface area contributed by atoms with Gasteiger partial charge in [0.25, 0.3) is 11.6 Å². The molecule has 1 aliphatic rings. The fourth-order valence-corrected chi connectivity index (χ4v) is 3.80. The van der Waals surface area contributed by atoms with Crippen LogP contribution in [-0.2, 0) is 25.8 Å². The molecule has 2 aromatic carbocycles. The summed E-state index contributed by atoms with van der Waals surface area (Å²) in [6, 6.07) is 8.85. The average molecular weight is 404 g/mol. The molecule has 146 valence electrons. The number of non-ortho nitro benzene ring substituents is 1. The van der Waals surface area contributed by atoms with Crippen LogP contribution < -0.4 is 4.90 Å². The first-order valence-corrected chi connectivity index (χ1v) is 10.0. The van der Waals surface area contributed by atoms with E-state index in [0.717, 1.165) is 30.0 Å². The summed E-state index contributed by atoms with van der Waals surface area (Å²) < 4.78 is 28.6. The number of sulfone groups is 1. The molecule has 1 atom stereocenters.